The van der Waals surface area contributed by atoms with Gasteiger partial charge < -0.3 is 5.32 Å². The summed E-state index contributed by atoms with van der Waals surface area (Å²) >= 11 is 0. The molecule has 20 heavy (non-hydrogen) atoms. The number of nitrogens with one attached hydrogen (secondary N) is 1. The van der Waals surface area contributed by atoms with E-state index in [0.717, 1.165) is 44.2 Å². The van der Waals surface area contributed by atoms with Crippen molar-refractivity contribution in [1.29, 1.82) is 5.26 Å². The monoisotopic (exact) mass is 274 g/mol. The third-order valence-electron chi connectivity index (χ3n) is 4.73. The molecule has 1 aromatic carbocycles. The van der Waals surface area contributed by atoms with Crippen molar-refractivity contribution in [2.75, 3.05) is 0 Å². The van der Waals surface area contributed by atoms with Gasteiger partial charge in [-0.05, 0) is 55.2 Å². The average Bonchev–Trinajstić information content (AvgIpc) is 2.47. The highest BCUT2D eigenvalue weighted by Gasteiger charge is 2.33. The van der Waals surface area contributed by atoms with E-state index in [1.807, 2.05) is 6.07 Å². The standard InChI is InChI=1S/C17H23FN2/c1-2-17(10-11-19)8-6-16(7-9-17)20-13-14-4-3-5-15(18)12-14/h3-5,12,16,20H,2,6-10,13H2,1H3/t16-,17+. The van der Waals surface area contributed by atoms with Crippen LogP contribution < -0.4 is 5.32 Å². The third-order valence-corrected chi connectivity index (χ3v) is 4.73. The van der Waals surface area contributed by atoms with E-state index >= 15 is 0 Å². The zero-order chi connectivity index (χ0) is 14.4. The minimum absolute atomic E-state index is 0.174. The lowest BCUT2D eigenvalue weighted by Gasteiger charge is -2.38. The zero-order valence-electron chi connectivity index (χ0n) is 12.2. The number of nitriles is 1. The average molecular weight is 274 g/mol. The van der Waals surface area contributed by atoms with Crippen LogP contribution in [0, 0.1) is 22.6 Å². The molecule has 0 atom stereocenters. The Morgan fingerprint density at radius 3 is 2.75 bits per heavy atom. The SMILES string of the molecule is CC[C@]1(CC#N)CC[C@@H](NCc2cccc(F)c2)CC1. The normalized spacial score (nSPS) is 26.1. The van der Waals surface area contributed by atoms with E-state index in [9.17, 15) is 4.39 Å². The second-order valence-electron chi connectivity index (χ2n) is 5.97. The summed E-state index contributed by atoms with van der Waals surface area (Å²) in [4.78, 5) is 0. The van der Waals surface area contributed by atoms with E-state index < -0.39 is 0 Å². The molecular weight excluding hydrogens is 251 g/mol. The Balaban J connectivity index is 1.81. The highest BCUT2D eigenvalue weighted by molar-refractivity contribution is 5.16. The third kappa shape index (κ3) is 3.80. The molecule has 1 N–H and O–H groups in total. The van der Waals surface area contributed by atoms with Crippen molar-refractivity contribution in [1.82, 2.24) is 5.32 Å². The first-order chi connectivity index (χ1) is 9.67. The van der Waals surface area contributed by atoms with E-state index in [2.05, 4.69) is 18.3 Å². The maximum absolute atomic E-state index is 13.1. The molecule has 1 fully saturated rings. The van der Waals surface area contributed by atoms with Gasteiger partial charge in [-0.2, -0.15) is 5.26 Å². The van der Waals surface area contributed by atoms with Crippen LogP contribution in [0.15, 0.2) is 24.3 Å². The molecule has 0 unspecified atom stereocenters. The number of hydrogen-bond acceptors (Lipinski definition) is 2. The number of halogens is 1. The van der Waals surface area contributed by atoms with Gasteiger partial charge in [0.15, 0.2) is 0 Å². The number of nitrogens with zero attached hydrogens (tertiary/aromatic N) is 1. The lowest BCUT2D eigenvalue weighted by Crippen LogP contribution is -2.37. The molecule has 2 rings (SSSR count). The van der Waals surface area contributed by atoms with Gasteiger partial charge in [0.1, 0.15) is 5.82 Å². The minimum Gasteiger partial charge on any atom is -0.310 e. The predicted molar refractivity (Wildman–Crippen MR) is 78.4 cm³/mol. The fourth-order valence-corrected chi connectivity index (χ4v) is 3.17. The summed E-state index contributed by atoms with van der Waals surface area (Å²) in [6, 6.07) is 9.60. The number of benzene rings is 1. The Morgan fingerprint density at radius 2 is 2.15 bits per heavy atom. The van der Waals surface area contributed by atoms with Gasteiger partial charge in [0, 0.05) is 19.0 Å². The second-order valence-corrected chi connectivity index (χ2v) is 5.97. The molecule has 0 aromatic heterocycles. The molecule has 0 saturated heterocycles. The van der Waals surface area contributed by atoms with Gasteiger partial charge in [0.2, 0.25) is 0 Å². The van der Waals surface area contributed by atoms with Crippen LogP contribution in [0.5, 0.6) is 0 Å². The van der Waals surface area contributed by atoms with Crippen molar-refractivity contribution >= 4 is 0 Å². The summed E-state index contributed by atoms with van der Waals surface area (Å²) in [5.41, 5.74) is 1.24. The Kier molecular flexibility index (Phi) is 5.14. The summed E-state index contributed by atoms with van der Waals surface area (Å²) in [5, 5.41) is 12.5. The highest BCUT2D eigenvalue weighted by atomic mass is 19.1. The molecule has 1 aliphatic rings. The van der Waals surface area contributed by atoms with Crippen molar-refractivity contribution in [3.05, 3.63) is 35.6 Å². The van der Waals surface area contributed by atoms with Gasteiger partial charge in [-0.1, -0.05) is 19.1 Å². The first-order valence-electron chi connectivity index (χ1n) is 7.52. The molecule has 3 heteroatoms. The number of rotatable bonds is 5. The lowest BCUT2D eigenvalue weighted by molar-refractivity contribution is 0.159. The van der Waals surface area contributed by atoms with Gasteiger partial charge in [0.05, 0.1) is 6.07 Å². The molecular formula is C17H23FN2. The summed E-state index contributed by atoms with van der Waals surface area (Å²) in [5.74, 6) is -0.174. The summed E-state index contributed by atoms with van der Waals surface area (Å²) in [7, 11) is 0. The van der Waals surface area contributed by atoms with Crippen LogP contribution in [-0.2, 0) is 6.54 Å². The summed E-state index contributed by atoms with van der Waals surface area (Å²) < 4.78 is 13.1. The Labute approximate surface area is 121 Å². The van der Waals surface area contributed by atoms with Crippen LogP contribution in [0.1, 0.15) is 51.0 Å². The van der Waals surface area contributed by atoms with E-state index in [0.29, 0.717) is 12.5 Å². The molecule has 2 nitrogen and oxygen atoms in total. The van der Waals surface area contributed by atoms with Gasteiger partial charge in [0.25, 0.3) is 0 Å². The maximum atomic E-state index is 13.1. The predicted octanol–water partition coefficient (Wildman–Crippen LogP) is 4.17. The molecule has 0 aliphatic heterocycles. The van der Waals surface area contributed by atoms with E-state index in [1.165, 1.54) is 6.07 Å². The first kappa shape index (κ1) is 15.0. The van der Waals surface area contributed by atoms with Gasteiger partial charge >= 0.3 is 0 Å². The first-order valence-corrected chi connectivity index (χ1v) is 7.52. The molecule has 0 amide bonds. The summed E-state index contributed by atoms with van der Waals surface area (Å²) in [6.07, 6.45) is 6.25. The Morgan fingerprint density at radius 1 is 1.40 bits per heavy atom. The van der Waals surface area contributed by atoms with E-state index in [-0.39, 0.29) is 11.2 Å². The Bertz CT molecular complexity index is 470. The van der Waals surface area contributed by atoms with Crippen molar-refractivity contribution in [3.63, 3.8) is 0 Å². The van der Waals surface area contributed by atoms with Crippen LogP contribution in [0.3, 0.4) is 0 Å². The van der Waals surface area contributed by atoms with Crippen LogP contribution >= 0.6 is 0 Å². The molecule has 0 radical (unpaired) electrons. The van der Waals surface area contributed by atoms with Crippen LogP contribution in [-0.4, -0.2) is 6.04 Å². The van der Waals surface area contributed by atoms with E-state index in [1.54, 1.807) is 12.1 Å². The fraction of sp³-hybridized carbons (Fsp3) is 0.588. The van der Waals surface area contributed by atoms with Crippen LogP contribution in [0.2, 0.25) is 0 Å². The number of hydrogen-bond donors (Lipinski definition) is 1. The van der Waals surface area contributed by atoms with E-state index in [4.69, 9.17) is 5.26 Å². The molecule has 0 spiro atoms. The highest BCUT2D eigenvalue weighted by Crippen LogP contribution is 2.41. The van der Waals surface area contributed by atoms with Crippen LogP contribution in [0.25, 0.3) is 0 Å². The maximum Gasteiger partial charge on any atom is 0.123 e. The topological polar surface area (TPSA) is 35.8 Å². The molecule has 0 heterocycles. The minimum atomic E-state index is -0.174. The molecule has 1 saturated carbocycles. The molecule has 108 valence electrons. The largest absolute Gasteiger partial charge is 0.310 e. The van der Waals surface area contributed by atoms with Crippen LogP contribution in [0.4, 0.5) is 4.39 Å². The molecule has 0 bridgehead atoms. The summed E-state index contributed by atoms with van der Waals surface area (Å²) in [6.45, 7) is 2.91. The second kappa shape index (κ2) is 6.85. The fourth-order valence-electron chi connectivity index (χ4n) is 3.17. The van der Waals surface area contributed by atoms with Crippen molar-refractivity contribution < 1.29 is 4.39 Å². The van der Waals surface area contributed by atoms with Gasteiger partial charge in [-0.25, -0.2) is 4.39 Å². The van der Waals surface area contributed by atoms with Gasteiger partial charge in [-0.3, -0.25) is 0 Å². The quantitative estimate of drug-likeness (QED) is 0.874. The van der Waals surface area contributed by atoms with Crippen molar-refractivity contribution in [3.8, 4) is 6.07 Å². The lowest BCUT2D eigenvalue weighted by atomic mass is 9.69. The van der Waals surface area contributed by atoms with Gasteiger partial charge in [-0.15, -0.1) is 0 Å². The zero-order valence-corrected chi connectivity index (χ0v) is 12.2. The van der Waals surface area contributed by atoms with Crippen molar-refractivity contribution in [2.24, 2.45) is 5.41 Å². The van der Waals surface area contributed by atoms with Crippen molar-refractivity contribution in [2.45, 2.75) is 58.0 Å². The Hall–Kier alpha value is -1.40. The molecule has 1 aliphatic carbocycles. The smallest absolute Gasteiger partial charge is 0.123 e. The molecule has 1 aromatic rings.